The van der Waals surface area contributed by atoms with Gasteiger partial charge in [-0.3, -0.25) is 9.69 Å². The van der Waals surface area contributed by atoms with Crippen LogP contribution in [0.5, 0.6) is 17.2 Å². The molecular formula is C32H38N2O7. The van der Waals surface area contributed by atoms with Gasteiger partial charge in [0.15, 0.2) is 11.5 Å². The van der Waals surface area contributed by atoms with Crippen molar-refractivity contribution in [3.05, 3.63) is 89.5 Å². The number of benzene rings is 3. The Bertz CT molecular complexity index is 1340. The lowest BCUT2D eigenvalue weighted by molar-refractivity contribution is -0.143. The number of carboxylic acid groups (broad SMARTS) is 1. The Morgan fingerprint density at radius 3 is 2.17 bits per heavy atom. The summed E-state index contributed by atoms with van der Waals surface area (Å²) < 4.78 is 21.7. The number of ether oxygens (including phenoxy) is 4. The lowest BCUT2D eigenvalue weighted by Crippen LogP contribution is -2.38. The van der Waals surface area contributed by atoms with Gasteiger partial charge in [0.25, 0.3) is 0 Å². The van der Waals surface area contributed by atoms with Gasteiger partial charge in [0.2, 0.25) is 6.79 Å². The number of carboxylic acids is 1. The average Bonchev–Trinajstić information content (AvgIpc) is 3.58. The molecule has 41 heavy (non-hydrogen) atoms. The van der Waals surface area contributed by atoms with Crippen LogP contribution in [0.15, 0.2) is 72.8 Å². The number of hydrogen-bond donors (Lipinski definition) is 2. The summed E-state index contributed by atoms with van der Waals surface area (Å²) in [6, 6.07) is 22.0. The van der Waals surface area contributed by atoms with E-state index in [9.17, 15) is 14.7 Å². The van der Waals surface area contributed by atoms with E-state index < -0.39 is 35.5 Å². The fourth-order valence-corrected chi connectivity index (χ4v) is 5.07. The predicted octanol–water partition coefficient (Wildman–Crippen LogP) is 5.91. The molecule has 0 spiro atoms. The Hall–Kier alpha value is -4.24. The van der Waals surface area contributed by atoms with Crippen LogP contribution in [0.1, 0.15) is 62.4 Å². The van der Waals surface area contributed by atoms with E-state index in [0.29, 0.717) is 22.8 Å². The number of hydrogen-bond acceptors (Lipinski definition) is 7. The second-order valence-electron chi connectivity index (χ2n) is 11.1. The number of methoxy groups -OCH3 is 1. The molecule has 0 radical (unpaired) electrons. The minimum Gasteiger partial charge on any atom is -0.497 e. The molecule has 1 saturated heterocycles. The maximum absolute atomic E-state index is 13.1. The lowest BCUT2D eigenvalue weighted by atomic mass is 9.83. The monoisotopic (exact) mass is 562 g/mol. The highest BCUT2D eigenvalue weighted by Crippen LogP contribution is 2.48. The van der Waals surface area contributed by atoms with Crippen molar-refractivity contribution in [1.82, 2.24) is 4.90 Å². The van der Waals surface area contributed by atoms with E-state index >= 15 is 0 Å². The summed E-state index contributed by atoms with van der Waals surface area (Å²) in [6.07, 6.45) is -0.548. The Kier molecular flexibility index (Phi) is 9.08. The van der Waals surface area contributed by atoms with Gasteiger partial charge in [-0.15, -0.1) is 0 Å². The van der Waals surface area contributed by atoms with Crippen molar-refractivity contribution in [2.24, 2.45) is 11.7 Å². The normalized spacial score (nSPS) is 20.0. The van der Waals surface area contributed by atoms with E-state index in [-0.39, 0.29) is 19.4 Å². The van der Waals surface area contributed by atoms with Crippen molar-refractivity contribution in [1.29, 1.82) is 0 Å². The number of nitrogens with two attached hydrogens (primary N) is 1. The molecule has 4 atom stereocenters. The minimum atomic E-state index is -0.987. The highest BCUT2D eigenvalue weighted by Gasteiger charge is 2.50. The molecule has 1 fully saturated rings. The molecule has 9 heteroatoms. The second kappa shape index (κ2) is 12.5. The summed E-state index contributed by atoms with van der Waals surface area (Å²) in [7, 11) is 1.56. The van der Waals surface area contributed by atoms with Gasteiger partial charge in [-0.25, -0.2) is 4.79 Å². The summed E-state index contributed by atoms with van der Waals surface area (Å²) in [6.45, 7) is 7.66. The summed E-state index contributed by atoms with van der Waals surface area (Å²) in [5.74, 6) is -0.482. The maximum atomic E-state index is 13.1. The van der Waals surface area contributed by atoms with E-state index in [2.05, 4.69) is 0 Å². The Balaban J connectivity index is 0.000000367. The lowest BCUT2D eigenvalue weighted by Gasteiger charge is -2.30. The van der Waals surface area contributed by atoms with Crippen LogP contribution < -0.4 is 19.9 Å². The number of amides is 1. The van der Waals surface area contributed by atoms with Gasteiger partial charge < -0.3 is 29.8 Å². The first-order valence-corrected chi connectivity index (χ1v) is 13.5. The van der Waals surface area contributed by atoms with E-state index in [1.165, 1.54) is 10.5 Å². The van der Waals surface area contributed by atoms with Gasteiger partial charge in [-0.1, -0.05) is 48.5 Å². The SMILES string of the molecule is COc1ccc([C@@H]2[C@@H](C(=O)O)[C@H](c3ccc4c(c3)OCO4)CN2C(=O)OC(C)(C)C)cc1.C[C@@H](N)c1ccccc1. The standard InChI is InChI=1S/C24H27NO7.C8H11N/c1-24(2,3)32-23(28)25-12-17(15-7-10-18-19(11-15)31-13-30-18)20(22(26)27)21(25)14-5-8-16(29-4)9-6-14;1-7(9)8-5-3-2-4-6-8/h5-11,17,20-21H,12-13H2,1-4H3,(H,26,27);2-7H,9H2,1H3/t17-,20-,21+;7-/m01/s1. The third-order valence-corrected chi connectivity index (χ3v) is 7.02. The Labute approximate surface area is 240 Å². The zero-order chi connectivity index (χ0) is 29.7. The zero-order valence-electron chi connectivity index (χ0n) is 24.1. The molecule has 3 aromatic carbocycles. The number of nitrogens with zero attached hydrogens (tertiary/aromatic N) is 1. The number of rotatable bonds is 5. The second-order valence-corrected chi connectivity index (χ2v) is 11.1. The summed E-state index contributed by atoms with van der Waals surface area (Å²) >= 11 is 0. The van der Waals surface area contributed by atoms with E-state index in [1.54, 1.807) is 64.3 Å². The molecule has 5 rings (SSSR count). The molecule has 2 aliphatic rings. The van der Waals surface area contributed by atoms with Crippen LogP contribution in [0.2, 0.25) is 0 Å². The first-order chi connectivity index (χ1) is 19.5. The van der Waals surface area contributed by atoms with E-state index in [1.807, 2.05) is 43.3 Å². The number of aliphatic carboxylic acids is 1. The maximum Gasteiger partial charge on any atom is 0.410 e. The van der Waals surface area contributed by atoms with Crippen LogP contribution in [0.25, 0.3) is 0 Å². The molecule has 0 unspecified atom stereocenters. The van der Waals surface area contributed by atoms with E-state index in [0.717, 1.165) is 5.56 Å². The van der Waals surface area contributed by atoms with Crippen molar-refractivity contribution in [2.45, 2.75) is 51.3 Å². The molecule has 218 valence electrons. The minimum absolute atomic E-state index is 0.129. The molecule has 0 saturated carbocycles. The highest BCUT2D eigenvalue weighted by molar-refractivity contribution is 5.77. The Morgan fingerprint density at radius 2 is 1.61 bits per heavy atom. The molecule has 3 aromatic rings. The fraction of sp³-hybridized carbons (Fsp3) is 0.375. The molecule has 3 N–H and O–H groups in total. The quantitative estimate of drug-likeness (QED) is 0.394. The molecule has 1 amide bonds. The summed E-state index contributed by atoms with van der Waals surface area (Å²) in [5, 5.41) is 10.2. The van der Waals surface area contributed by atoms with Crippen molar-refractivity contribution < 1.29 is 33.6 Å². The van der Waals surface area contributed by atoms with Gasteiger partial charge >= 0.3 is 12.1 Å². The first-order valence-electron chi connectivity index (χ1n) is 13.5. The molecule has 0 aromatic heterocycles. The summed E-state index contributed by atoms with van der Waals surface area (Å²) in [5.41, 5.74) is 7.57. The van der Waals surface area contributed by atoms with Gasteiger partial charge in [0, 0.05) is 18.5 Å². The third kappa shape index (κ3) is 7.10. The average molecular weight is 563 g/mol. The topological polar surface area (TPSA) is 121 Å². The number of carbonyl (C=O) groups excluding carboxylic acids is 1. The smallest absolute Gasteiger partial charge is 0.410 e. The highest BCUT2D eigenvalue weighted by atomic mass is 16.7. The Morgan fingerprint density at radius 1 is 0.976 bits per heavy atom. The van der Waals surface area contributed by atoms with E-state index in [4.69, 9.17) is 24.7 Å². The van der Waals surface area contributed by atoms with Crippen LogP contribution in [-0.2, 0) is 9.53 Å². The molecule has 2 heterocycles. The van der Waals surface area contributed by atoms with Crippen LogP contribution in [0.3, 0.4) is 0 Å². The first kappa shape index (κ1) is 29.7. The van der Waals surface area contributed by atoms with Crippen molar-refractivity contribution >= 4 is 12.1 Å². The third-order valence-electron chi connectivity index (χ3n) is 7.02. The molecule has 9 nitrogen and oxygen atoms in total. The van der Waals surface area contributed by atoms with Crippen LogP contribution in [-0.4, -0.2) is 48.1 Å². The van der Waals surface area contributed by atoms with Crippen molar-refractivity contribution in [3.63, 3.8) is 0 Å². The largest absolute Gasteiger partial charge is 0.497 e. The number of fused-ring (bicyclic) bond motifs is 1. The molecular weight excluding hydrogens is 524 g/mol. The fourth-order valence-electron chi connectivity index (χ4n) is 5.07. The zero-order valence-corrected chi connectivity index (χ0v) is 24.1. The van der Waals surface area contributed by atoms with Gasteiger partial charge in [0.05, 0.1) is 19.1 Å². The predicted molar refractivity (Wildman–Crippen MR) is 154 cm³/mol. The van der Waals surface area contributed by atoms with Crippen LogP contribution in [0, 0.1) is 5.92 Å². The number of carbonyl (C=O) groups is 2. The molecule has 0 aliphatic carbocycles. The van der Waals surface area contributed by atoms with Crippen LogP contribution >= 0.6 is 0 Å². The van der Waals surface area contributed by atoms with Crippen molar-refractivity contribution in [2.75, 3.05) is 20.4 Å². The van der Waals surface area contributed by atoms with Gasteiger partial charge in [-0.05, 0) is 68.7 Å². The van der Waals surface area contributed by atoms with Crippen LogP contribution in [0.4, 0.5) is 4.79 Å². The molecule has 0 bridgehead atoms. The van der Waals surface area contributed by atoms with Gasteiger partial charge in [-0.2, -0.15) is 0 Å². The van der Waals surface area contributed by atoms with Crippen molar-refractivity contribution in [3.8, 4) is 17.2 Å². The van der Waals surface area contributed by atoms with Gasteiger partial charge in [0.1, 0.15) is 11.4 Å². The number of likely N-dealkylation sites (tertiary alicyclic amines) is 1. The molecule has 2 aliphatic heterocycles. The summed E-state index contributed by atoms with van der Waals surface area (Å²) in [4.78, 5) is 27.2.